The van der Waals surface area contributed by atoms with Gasteiger partial charge in [0.05, 0.1) is 12.0 Å². The molecule has 2 fully saturated rings. The van der Waals surface area contributed by atoms with Crippen LogP contribution in [0.15, 0.2) is 0 Å². The van der Waals surface area contributed by atoms with Gasteiger partial charge in [-0.1, -0.05) is 13.8 Å². The van der Waals surface area contributed by atoms with E-state index in [9.17, 15) is 4.79 Å². The lowest BCUT2D eigenvalue weighted by Gasteiger charge is -2.35. The number of nitrogens with zero attached hydrogens (tertiary/aromatic N) is 1. The first-order chi connectivity index (χ1) is 9.16. The predicted molar refractivity (Wildman–Crippen MR) is 83.2 cm³/mol. The van der Waals surface area contributed by atoms with Gasteiger partial charge in [0.25, 0.3) is 0 Å². The van der Waals surface area contributed by atoms with E-state index in [4.69, 9.17) is 4.74 Å². The van der Waals surface area contributed by atoms with Gasteiger partial charge in [0.1, 0.15) is 0 Å². The van der Waals surface area contributed by atoms with E-state index in [2.05, 4.69) is 19.2 Å². The number of rotatable bonds is 4. The van der Waals surface area contributed by atoms with Crippen molar-refractivity contribution in [1.82, 2.24) is 10.2 Å². The van der Waals surface area contributed by atoms with E-state index in [1.807, 2.05) is 4.90 Å². The minimum Gasteiger partial charge on any atom is -0.378 e. The van der Waals surface area contributed by atoms with E-state index in [1.54, 1.807) is 0 Å². The topological polar surface area (TPSA) is 41.6 Å². The summed E-state index contributed by atoms with van der Waals surface area (Å²) in [7, 11) is 0. The van der Waals surface area contributed by atoms with E-state index in [0.29, 0.717) is 17.9 Å². The van der Waals surface area contributed by atoms with Crippen molar-refractivity contribution in [3.05, 3.63) is 0 Å². The van der Waals surface area contributed by atoms with Crippen molar-refractivity contribution in [2.75, 3.05) is 32.8 Å². The molecule has 0 saturated carbocycles. The lowest BCUT2D eigenvalue weighted by Crippen LogP contribution is -2.47. The van der Waals surface area contributed by atoms with Gasteiger partial charge in [0.2, 0.25) is 5.91 Å². The zero-order valence-electron chi connectivity index (χ0n) is 12.8. The van der Waals surface area contributed by atoms with Gasteiger partial charge in [-0.15, -0.1) is 12.4 Å². The molecule has 118 valence electrons. The van der Waals surface area contributed by atoms with Crippen molar-refractivity contribution in [2.24, 2.45) is 11.8 Å². The summed E-state index contributed by atoms with van der Waals surface area (Å²) in [6.45, 7) is 8.86. The highest BCUT2D eigenvalue weighted by molar-refractivity contribution is 5.85. The molecule has 1 N–H and O–H groups in total. The summed E-state index contributed by atoms with van der Waals surface area (Å²) in [4.78, 5) is 14.4. The number of nitrogens with one attached hydrogen (secondary N) is 1. The molecule has 2 aliphatic rings. The van der Waals surface area contributed by atoms with E-state index in [1.165, 1.54) is 0 Å². The van der Waals surface area contributed by atoms with Crippen LogP contribution in [0.25, 0.3) is 0 Å². The second-order valence-corrected chi connectivity index (χ2v) is 6.30. The van der Waals surface area contributed by atoms with Crippen LogP contribution in [0.5, 0.6) is 0 Å². The minimum atomic E-state index is 0. The number of carbonyl (C=O) groups is 1. The van der Waals surface area contributed by atoms with Crippen LogP contribution in [0.2, 0.25) is 0 Å². The van der Waals surface area contributed by atoms with Gasteiger partial charge in [-0.2, -0.15) is 0 Å². The van der Waals surface area contributed by atoms with Gasteiger partial charge in [-0.3, -0.25) is 4.79 Å². The molecule has 0 bridgehead atoms. The molecular weight excluding hydrogens is 276 g/mol. The summed E-state index contributed by atoms with van der Waals surface area (Å²) in [6, 6.07) is 0. The fourth-order valence-corrected chi connectivity index (χ4v) is 2.89. The van der Waals surface area contributed by atoms with Gasteiger partial charge in [-0.25, -0.2) is 0 Å². The van der Waals surface area contributed by atoms with Crippen LogP contribution in [0.4, 0.5) is 0 Å². The Bertz CT molecular complexity index is 286. The molecule has 4 nitrogen and oxygen atoms in total. The number of hydrogen-bond donors (Lipinski definition) is 1. The van der Waals surface area contributed by atoms with Crippen molar-refractivity contribution in [3.63, 3.8) is 0 Å². The number of likely N-dealkylation sites (tertiary alicyclic amines) is 1. The second kappa shape index (κ2) is 8.85. The fourth-order valence-electron chi connectivity index (χ4n) is 2.89. The predicted octanol–water partition coefficient (Wildman–Crippen LogP) is 2.07. The van der Waals surface area contributed by atoms with Crippen molar-refractivity contribution in [1.29, 1.82) is 0 Å². The van der Waals surface area contributed by atoms with Crippen LogP contribution in [0, 0.1) is 11.8 Å². The average molecular weight is 305 g/mol. The first kappa shape index (κ1) is 17.7. The molecular formula is C15H29ClN2O2. The molecule has 0 aromatic heterocycles. The molecule has 2 saturated heterocycles. The molecule has 20 heavy (non-hydrogen) atoms. The van der Waals surface area contributed by atoms with Gasteiger partial charge < -0.3 is 15.0 Å². The Kier molecular flexibility index (Phi) is 7.85. The Morgan fingerprint density at radius 2 is 2.00 bits per heavy atom. The molecule has 5 heteroatoms. The largest absolute Gasteiger partial charge is 0.378 e. The Labute approximate surface area is 129 Å². The summed E-state index contributed by atoms with van der Waals surface area (Å²) in [5, 5.41) is 3.32. The van der Waals surface area contributed by atoms with Gasteiger partial charge in [-0.05, 0) is 38.1 Å². The normalized spacial score (nSPS) is 24.6. The molecule has 1 unspecified atom stereocenters. The number of amides is 1. The Morgan fingerprint density at radius 3 is 2.55 bits per heavy atom. The number of halogens is 1. The van der Waals surface area contributed by atoms with Crippen LogP contribution < -0.4 is 5.32 Å². The quantitative estimate of drug-likeness (QED) is 0.864. The first-order valence-corrected chi connectivity index (χ1v) is 7.78. The van der Waals surface area contributed by atoms with Crippen LogP contribution in [-0.2, 0) is 9.53 Å². The van der Waals surface area contributed by atoms with Crippen molar-refractivity contribution < 1.29 is 9.53 Å². The lowest BCUT2D eigenvalue weighted by atomic mass is 9.96. The van der Waals surface area contributed by atoms with E-state index in [-0.39, 0.29) is 18.3 Å². The average Bonchev–Trinajstić information content (AvgIpc) is 2.46. The third-order valence-electron chi connectivity index (χ3n) is 4.07. The molecule has 2 aliphatic heterocycles. The van der Waals surface area contributed by atoms with E-state index in [0.717, 1.165) is 58.5 Å². The SMILES string of the molecule is CC(C)COC1CCN(C(=O)C2CCCNC2)CC1.Cl. The summed E-state index contributed by atoms with van der Waals surface area (Å²) < 4.78 is 5.87. The molecule has 2 rings (SSSR count). The monoisotopic (exact) mass is 304 g/mol. The van der Waals surface area contributed by atoms with Crippen molar-refractivity contribution in [3.8, 4) is 0 Å². The summed E-state index contributed by atoms with van der Waals surface area (Å²) in [5.74, 6) is 1.16. The van der Waals surface area contributed by atoms with E-state index >= 15 is 0 Å². The molecule has 2 heterocycles. The molecule has 0 aromatic carbocycles. The fraction of sp³-hybridized carbons (Fsp3) is 0.933. The van der Waals surface area contributed by atoms with Crippen molar-refractivity contribution in [2.45, 2.75) is 45.6 Å². The zero-order valence-corrected chi connectivity index (χ0v) is 13.6. The molecule has 0 radical (unpaired) electrons. The number of piperidine rings is 2. The first-order valence-electron chi connectivity index (χ1n) is 7.78. The highest BCUT2D eigenvalue weighted by atomic mass is 35.5. The third-order valence-corrected chi connectivity index (χ3v) is 4.07. The van der Waals surface area contributed by atoms with Gasteiger partial charge in [0.15, 0.2) is 0 Å². The third kappa shape index (κ3) is 5.23. The molecule has 0 aromatic rings. The van der Waals surface area contributed by atoms with Crippen LogP contribution in [-0.4, -0.2) is 49.7 Å². The highest BCUT2D eigenvalue weighted by Crippen LogP contribution is 2.19. The molecule has 1 atom stereocenters. The highest BCUT2D eigenvalue weighted by Gasteiger charge is 2.29. The standard InChI is InChI=1S/C15H28N2O2.ClH/c1-12(2)11-19-14-5-8-17(9-6-14)15(18)13-4-3-7-16-10-13;/h12-14,16H,3-11H2,1-2H3;1H. The Hall–Kier alpha value is -0.320. The van der Waals surface area contributed by atoms with Crippen LogP contribution in [0.1, 0.15) is 39.5 Å². The summed E-state index contributed by atoms with van der Waals surface area (Å²) in [5.41, 5.74) is 0. The van der Waals surface area contributed by atoms with Crippen LogP contribution >= 0.6 is 12.4 Å². The zero-order chi connectivity index (χ0) is 13.7. The maximum absolute atomic E-state index is 12.4. The van der Waals surface area contributed by atoms with Crippen LogP contribution in [0.3, 0.4) is 0 Å². The molecule has 0 spiro atoms. The number of carbonyl (C=O) groups excluding carboxylic acids is 1. The maximum Gasteiger partial charge on any atom is 0.226 e. The van der Waals surface area contributed by atoms with Gasteiger partial charge >= 0.3 is 0 Å². The Balaban J connectivity index is 0.00000200. The minimum absolute atomic E-state index is 0. The molecule has 1 amide bonds. The van der Waals surface area contributed by atoms with E-state index < -0.39 is 0 Å². The number of ether oxygens (including phenoxy) is 1. The Morgan fingerprint density at radius 1 is 1.30 bits per heavy atom. The van der Waals surface area contributed by atoms with Gasteiger partial charge in [0, 0.05) is 26.2 Å². The smallest absolute Gasteiger partial charge is 0.226 e. The summed E-state index contributed by atoms with van der Waals surface area (Å²) >= 11 is 0. The second-order valence-electron chi connectivity index (χ2n) is 6.30. The molecule has 0 aliphatic carbocycles. The number of hydrogen-bond acceptors (Lipinski definition) is 3. The summed E-state index contributed by atoms with van der Waals surface area (Å²) in [6.07, 6.45) is 4.54. The lowest BCUT2D eigenvalue weighted by molar-refractivity contribution is -0.138. The van der Waals surface area contributed by atoms with Crippen molar-refractivity contribution >= 4 is 18.3 Å². The maximum atomic E-state index is 12.4.